The molecule has 11 heteroatoms. The number of hydrogen-bond acceptors (Lipinski definition) is 7. The van der Waals surface area contributed by atoms with Gasteiger partial charge in [0.15, 0.2) is 0 Å². The zero-order chi connectivity index (χ0) is 29.5. The van der Waals surface area contributed by atoms with E-state index in [9.17, 15) is 25.0 Å². The summed E-state index contributed by atoms with van der Waals surface area (Å²) in [6.07, 6.45) is 0. The van der Waals surface area contributed by atoms with E-state index in [2.05, 4.69) is 0 Å². The first-order valence-corrected chi connectivity index (χ1v) is 12.9. The molecule has 0 spiro atoms. The van der Waals surface area contributed by atoms with Crippen molar-refractivity contribution in [3.05, 3.63) is 139 Å². The van der Waals surface area contributed by atoms with Crippen LogP contribution in [-0.4, -0.2) is 29.4 Å². The number of nitrogens with zero attached hydrogens (tertiary/aromatic N) is 6. The fourth-order valence-electron chi connectivity index (χ4n) is 4.83. The summed E-state index contributed by atoms with van der Waals surface area (Å²) in [7, 11) is 0. The van der Waals surface area contributed by atoms with E-state index in [1.54, 1.807) is 24.3 Å². The molecule has 0 unspecified atom stereocenters. The predicted octanol–water partition coefficient (Wildman–Crippen LogP) is 6.34. The van der Waals surface area contributed by atoms with E-state index in [0.29, 0.717) is 33.6 Å². The van der Waals surface area contributed by atoms with Crippen molar-refractivity contribution in [1.82, 2.24) is 19.6 Å². The third kappa shape index (κ3) is 4.48. The van der Waals surface area contributed by atoms with E-state index in [0.717, 1.165) is 23.3 Å². The molecule has 6 rings (SSSR count). The van der Waals surface area contributed by atoms with Crippen LogP contribution in [0.3, 0.4) is 0 Å². The molecule has 11 nitrogen and oxygen atoms in total. The van der Waals surface area contributed by atoms with Gasteiger partial charge in [-0.3, -0.25) is 25.0 Å². The van der Waals surface area contributed by atoms with Crippen molar-refractivity contribution in [2.45, 2.75) is 13.8 Å². The highest BCUT2D eigenvalue weighted by Gasteiger charge is 2.28. The van der Waals surface area contributed by atoms with Crippen molar-refractivity contribution in [3.63, 3.8) is 0 Å². The van der Waals surface area contributed by atoms with E-state index < -0.39 is 26.8 Å². The SMILES string of the molecule is Cc1ccc(-c2nn(-c3ccccc3)c(=O)c3c2c(-c2ccc(C)cc2)nn3-c2ccc([N+](=O)[O-])cc2[N+](=O)[O-])cc1. The molecule has 0 amide bonds. The zero-order valence-electron chi connectivity index (χ0n) is 22.5. The smallest absolute Gasteiger partial charge is 0.265 e. The monoisotopic (exact) mass is 558 g/mol. The third-order valence-electron chi connectivity index (χ3n) is 6.96. The largest absolute Gasteiger partial charge is 0.301 e. The van der Waals surface area contributed by atoms with Crippen LogP contribution in [0.5, 0.6) is 0 Å². The summed E-state index contributed by atoms with van der Waals surface area (Å²) in [4.78, 5) is 36.4. The van der Waals surface area contributed by atoms with Gasteiger partial charge in [-0.05, 0) is 32.0 Å². The molecule has 206 valence electrons. The van der Waals surface area contributed by atoms with Crippen LogP contribution in [0.2, 0.25) is 0 Å². The highest BCUT2D eigenvalue weighted by molar-refractivity contribution is 6.03. The second-order valence-electron chi connectivity index (χ2n) is 9.80. The quantitative estimate of drug-likeness (QED) is 0.172. The lowest BCUT2D eigenvalue weighted by Gasteiger charge is -2.11. The Labute approximate surface area is 238 Å². The van der Waals surface area contributed by atoms with Crippen LogP contribution in [0.4, 0.5) is 11.4 Å². The number of aryl methyl sites for hydroxylation is 2. The molecule has 42 heavy (non-hydrogen) atoms. The molecule has 0 N–H and O–H groups in total. The summed E-state index contributed by atoms with van der Waals surface area (Å²) in [5.74, 6) is 0. The Morgan fingerprint density at radius 2 is 1.21 bits per heavy atom. The number of benzene rings is 4. The molecule has 0 aliphatic heterocycles. The normalized spacial score (nSPS) is 11.1. The molecule has 0 bridgehead atoms. The average molecular weight is 559 g/mol. The van der Waals surface area contributed by atoms with Crippen molar-refractivity contribution in [3.8, 4) is 33.9 Å². The first kappa shape index (κ1) is 26.3. The van der Waals surface area contributed by atoms with E-state index in [1.807, 2.05) is 68.4 Å². The fraction of sp³-hybridized carbons (Fsp3) is 0.0645. The van der Waals surface area contributed by atoms with Crippen LogP contribution in [0.15, 0.2) is 102 Å². The standard InChI is InChI=1S/C31H22N6O5/c1-19-8-12-21(13-9-19)28-27-29(22-14-10-20(2)11-15-22)33-35(25-17-16-24(36(39)40)18-26(25)37(41)42)30(27)31(38)34(32-28)23-6-4-3-5-7-23/h3-18H,1-2H3. The Hall–Kier alpha value is -5.97. The lowest BCUT2D eigenvalue weighted by molar-refractivity contribution is -0.394. The van der Waals surface area contributed by atoms with Crippen molar-refractivity contribution >= 4 is 22.3 Å². The summed E-state index contributed by atoms with van der Waals surface area (Å²) < 4.78 is 2.44. The van der Waals surface area contributed by atoms with Crippen LogP contribution >= 0.6 is 0 Å². The number of nitro groups is 2. The van der Waals surface area contributed by atoms with Gasteiger partial charge >= 0.3 is 5.69 Å². The summed E-state index contributed by atoms with van der Waals surface area (Å²) in [5.41, 5.74) is 3.10. The highest BCUT2D eigenvalue weighted by Crippen LogP contribution is 2.37. The van der Waals surface area contributed by atoms with Gasteiger partial charge in [0, 0.05) is 17.2 Å². The Morgan fingerprint density at radius 3 is 1.74 bits per heavy atom. The molecule has 0 aliphatic rings. The van der Waals surface area contributed by atoms with Crippen LogP contribution in [0.25, 0.3) is 44.8 Å². The number of rotatable bonds is 6. The molecule has 6 aromatic rings. The molecule has 0 saturated heterocycles. The molecule has 0 fully saturated rings. The van der Waals surface area contributed by atoms with Crippen LogP contribution in [-0.2, 0) is 0 Å². The summed E-state index contributed by atoms with van der Waals surface area (Å²) in [6, 6.07) is 27.2. The van der Waals surface area contributed by atoms with Gasteiger partial charge in [-0.25, -0.2) is 4.68 Å². The van der Waals surface area contributed by atoms with Crippen molar-refractivity contribution in [1.29, 1.82) is 0 Å². The first-order valence-electron chi connectivity index (χ1n) is 12.9. The Morgan fingerprint density at radius 1 is 0.667 bits per heavy atom. The molecule has 4 aromatic carbocycles. The number of hydrogen-bond donors (Lipinski definition) is 0. The van der Waals surface area contributed by atoms with E-state index >= 15 is 0 Å². The lowest BCUT2D eigenvalue weighted by Crippen LogP contribution is -2.24. The number of aromatic nitrogens is 4. The molecular weight excluding hydrogens is 536 g/mol. The molecular formula is C31H22N6O5. The Balaban J connectivity index is 1.81. The van der Waals surface area contributed by atoms with E-state index in [4.69, 9.17) is 10.2 Å². The summed E-state index contributed by atoms with van der Waals surface area (Å²) in [5, 5.41) is 33.6. The average Bonchev–Trinajstić information content (AvgIpc) is 3.39. The van der Waals surface area contributed by atoms with Gasteiger partial charge < -0.3 is 0 Å². The molecule has 0 radical (unpaired) electrons. The van der Waals surface area contributed by atoms with Crippen LogP contribution in [0.1, 0.15) is 11.1 Å². The number of fused-ring (bicyclic) bond motifs is 1. The molecule has 2 aromatic heterocycles. The molecule has 0 atom stereocenters. The number of nitro benzene ring substituents is 2. The van der Waals surface area contributed by atoms with Crippen molar-refractivity contribution in [2.75, 3.05) is 0 Å². The maximum atomic E-state index is 14.3. The lowest BCUT2D eigenvalue weighted by atomic mass is 10.0. The van der Waals surface area contributed by atoms with Gasteiger partial charge in [0.2, 0.25) is 0 Å². The van der Waals surface area contributed by atoms with Crippen molar-refractivity contribution in [2.24, 2.45) is 0 Å². The second-order valence-corrected chi connectivity index (χ2v) is 9.80. The van der Waals surface area contributed by atoms with Crippen LogP contribution < -0.4 is 5.56 Å². The first-order chi connectivity index (χ1) is 20.2. The number of non-ortho nitro benzene ring substituents is 1. The minimum atomic E-state index is -0.723. The molecule has 0 aliphatic carbocycles. The van der Waals surface area contributed by atoms with E-state index in [1.165, 1.54) is 15.4 Å². The fourth-order valence-corrected chi connectivity index (χ4v) is 4.83. The maximum Gasteiger partial charge on any atom is 0.301 e. The van der Waals surface area contributed by atoms with Gasteiger partial charge in [0.25, 0.3) is 11.2 Å². The third-order valence-corrected chi connectivity index (χ3v) is 6.96. The molecule has 2 heterocycles. The topological polar surface area (TPSA) is 139 Å². The minimum absolute atomic E-state index is 0.0388. The van der Waals surface area contributed by atoms with E-state index in [-0.39, 0.29) is 11.2 Å². The molecule has 0 saturated carbocycles. The van der Waals surface area contributed by atoms with Gasteiger partial charge in [-0.1, -0.05) is 77.9 Å². The minimum Gasteiger partial charge on any atom is -0.265 e. The zero-order valence-corrected chi connectivity index (χ0v) is 22.5. The van der Waals surface area contributed by atoms with Gasteiger partial charge in [-0.15, -0.1) is 0 Å². The van der Waals surface area contributed by atoms with Gasteiger partial charge in [0.05, 0.1) is 27.0 Å². The Bertz CT molecular complexity index is 2070. The van der Waals surface area contributed by atoms with Crippen LogP contribution in [0, 0.1) is 34.1 Å². The second kappa shape index (κ2) is 10.2. The number of para-hydroxylation sites is 1. The highest BCUT2D eigenvalue weighted by atomic mass is 16.6. The predicted molar refractivity (Wildman–Crippen MR) is 158 cm³/mol. The summed E-state index contributed by atoms with van der Waals surface area (Å²) >= 11 is 0. The Kier molecular flexibility index (Phi) is 6.39. The van der Waals surface area contributed by atoms with Gasteiger partial charge in [-0.2, -0.15) is 14.9 Å². The summed E-state index contributed by atoms with van der Waals surface area (Å²) in [6.45, 7) is 3.90. The van der Waals surface area contributed by atoms with Gasteiger partial charge in [0.1, 0.15) is 22.6 Å². The van der Waals surface area contributed by atoms with Crippen molar-refractivity contribution < 1.29 is 9.85 Å². The maximum absolute atomic E-state index is 14.3.